The second-order valence-corrected chi connectivity index (χ2v) is 5.51. The van der Waals surface area contributed by atoms with Crippen LogP contribution in [0.1, 0.15) is 63.9 Å². The van der Waals surface area contributed by atoms with Gasteiger partial charge in [-0.05, 0) is 18.1 Å². The number of carbonyl (C=O) groups excluding carboxylic acids is 1. The predicted octanol–water partition coefficient (Wildman–Crippen LogP) is 4.96. The van der Waals surface area contributed by atoms with Gasteiger partial charge in [0.1, 0.15) is 0 Å². The lowest BCUT2D eigenvalue weighted by molar-refractivity contribution is -0.116. The quantitative estimate of drug-likeness (QED) is 0.452. The van der Waals surface area contributed by atoms with Gasteiger partial charge in [0.05, 0.1) is 0 Å². The monoisotopic (exact) mass is 287 g/mol. The number of rotatable bonds is 11. The lowest BCUT2D eigenvalue weighted by Gasteiger charge is -2.03. The summed E-state index contributed by atoms with van der Waals surface area (Å²) in [5.74, 6) is 0.00167. The largest absolute Gasteiger partial charge is 0.353 e. The average molecular weight is 287 g/mol. The van der Waals surface area contributed by atoms with E-state index >= 15 is 0 Å². The number of amides is 1. The first kappa shape index (κ1) is 17.5. The molecule has 0 radical (unpaired) electrons. The van der Waals surface area contributed by atoms with Crippen LogP contribution in [-0.4, -0.2) is 12.5 Å². The highest BCUT2D eigenvalue weighted by Gasteiger charge is 1.95. The highest BCUT2D eigenvalue weighted by Crippen LogP contribution is 2.07. The Morgan fingerprint density at radius 3 is 2.24 bits per heavy atom. The maximum Gasteiger partial charge on any atom is 0.243 e. The predicted molar refractivity (Wildman–Crippen MR) is 91.1 cm³/mol. The Labute approximate surface area is 129 Å². The van der Waals surface area contributed by atoms with E-state index in [9.17, 15) is 4.79 Å². The van der Waals surface area contributed by atoms with Crippen LogP contribution in [-0.2, 0) is 4.79 Å². The van der Waals surface area contributed by atoms with E-state index in [1.54, 1.807) is 6.08 Å². The lowest BCUT2D eigenvalue weighted by Crippen LogP contribution is -2.21. The van der Waals surface area contributed by atoms with Crippen molar-refractivity contribution in [3.05, 3.63) is 42.0 Å². The highest BCUT2D eigenvalue weighted by atomic mass is 16.1. The molecule has 2 nitrogen and oxygen atoms in total. The lowest BCUT2D eigenvalue weighted by atomic mass is 10.1. The zero-order valence-corrected chi connectivity index (χ0v) is 13.3. The van der Waals surface area contributed by atoms with Crippen molar-refractivity contribution in [2.75, 3.05) is 6.54 Å². The SMILES string of the molecule is CCCCCCCCCCNC(=O)C=Cc1ccccc1. The molecule has 0 unspecified atom stereocenters. The van der Waals surface area contributed by atoms with Crippen molar-refractivity contribution < 1.29 is 4.79 Å². The van der Waals surface area contributed by atoms with Gasteiger partial charge in [0.25, 0.3) is 0 Å². The van der Waals surface area contributed by atoms with E-state index < -0.39 is 0 Å². The van der Waals surface area contributed by atoms with E-state index in [4.69, 9.17) is 0 Å². The molecule has 0 atom stereocenters. The van der Waals surface area contributed by atoms with Crippen LogP contribution < -0.4 is 5.32 Å². The first-order chi connectivity index (χ1) is 10.3. The van der Waals surface area contributed by atoms with Crippen molar-refractivity contribution in [2.24, 2.45) is 0 Å². The third-order valence-corrected chi connectivity index (χ3v) is 3.56. The summed E-state index contributed by atoms with van der Waals surface area (Å²) in [4.78, 5) is 11.6. The molecule has 1 rings (SSSR count). The van der Waals surface area contributed by atoms with Crippen LogP contribution in [0.15, 0.2) is 36.4 Å². The van der Waals surface area contributed by atoms with Crippen LogP contribution in [0.3, 0.4) is 0 Å². The molecule has 2 heteroatoms. The molecule has 1 N–H and O–H groups in total. The fourth-order valence-electron chi connectivity index (χ4n) is 2.27. The van der Waals surface area contributed by atoms with Gasteiger partial charge in [-0.3, -0.25) is 4.79 Å². The van der Waals surface area contributed by atoms with Gasteiger partial charge in [-0.15, -0.1) is 0 Å². The number of carbonyl (C=O) groups is 1. The van der Waals surface area contributed by atoms with E-state index in [0.29, 0.717) is 0 Å². The molecule has 0 bridgehead atoms. The minimum absolute atomic E-state index is 0.00167. The van der Waals surface area contributed by atoms with Crippen LogP contribution in [0.4, 0.5) is 0 Å². The summed E-state index contributed by atoms with van der Waals surface area (Å²) in [7, 11) is 0. The van der Waals surface area contributed by atoms with Crippen molar-refractivity contribution in [2.45, 2.75) is 58.3 Å². The maximum absolute atomic E-state index is 11.6. The molecule has 0 heterocycles. The number of nitrogens with one attached hydrogen (secondary N) is 1. The first-order valence-corrected chi connectivity index (χ1v) is 8.34. The fraction of sp³-hybridized carbons (Fsp3) is 0.526. The van der Waals surface area contributed by atoms with Gasteiger partial charge in [-0.25, -0.2) is 0 Å². The van der Waals surface area contributed by atoms with Gasteiger partial charge >= 0.3 is 0 Å². The van der Waals surface area contributed by atoms with Crippen molar-refractivity contribution in [1.29, 1.82) is 0 Å². The summed E-state index contributed by atoms with van der Waals surface area (Å²) in [6, 6.07) is 9.89. The van der Waals surface area contributed by atoms with E-state index in [1.165, 1.54) is 44.9 Å². The third kappa shape index (κ3) is 9.89. The van der Waals surface area contributed by atoms with E-state index in [-0.39, 0.29) is 5.91 Å². The molecular formula is C19H29NO. The molecule has 0 aliphatic heterocycles. The molecule has 0 aliphatic rings. The summed E-state index contributed by atoms with van der Waals surface area (Å²) in [6.07, 6.45) is 13.8. The number of hydrogen-bond donors (Lipinski definition) is 1. The van der Waals surface area contributed by atoms with Gasteiger partial charge in [0, 0.05) is 12.6 Å². The van der Waals surface area contributed by atoms with Crippen LogP contribution in [0.5, 0.6) is 0 Å². The van der Waals surface area contributed by atoms with E-state index in [2.05, 4.69) is 12.2 Å². The molecule has 0 spiro atoms. The molecule has 0 aliphatic carbocycles. The molecule has 0 aromatic heterocycles. The summed E-state index contributed by atoms with van der Waals surface area (Å²) in [6.45, 7) is 3.03. The van der Waals surface area contributed by atoms with Crippen molar-refractivity contribution in [3.63, 3.8) is 0 Å². The van der Waals surface area contributed by atoms with Gasteiger partial charge in [-0.1, -0.05) is 82.2 Å². The summed E-state index contributed by atoms with van der Waals surface area (Å²) in [5, 5.41) is 2.94. The Morgan fingerprint density at radius 2 is 1.57 bits per heavy atom. The van der Waals surface area contributed by atoms with Crippen LogP contribution in [0, 0.1) is 0 Å². The Balaban J connectivity index is 1.97. The maximum atomic E-state index is 11.6. The Morgan fingerprint density at radius 1 is 0.952 bits per heavy atom. The molecule has 21 heavy (non-hydrogen) atoms. The zero-order chi connectivity index (χ0) is 15.2. The first-order valence-electron chi connectivity index (χ1n) is 8.34. The van der Waals surface area contributed by atoms with Crippen LogP contribution in [0.25, 0.3) is 6.08 Å². The smallest absolute Gasteiger partial charge is 0.243 e. The molecule has 116 valence electrons. The van der Waals surface area contributed by atoms with Crippen molar-refractivity contribution in [1.82, 2.24) is 5.32 Å². The highest BCUT2D eigenvalue weighted by molar-refractivity contribution is 5.91. The number of hydrogen-bond acceptors (Lipinski definition) is 1. The standard InChI is InChI=1S/C19H29NO/c1-2-3-4-5-6-7-8-12-17-20-19(21)16-15-18-13-10-9-11-14-18/h9-11,13-16H,2-8,12,17H2,1H3,(H,20,21). The third-order valence-electron chi connectivity index (χ3n) is 3.56. The second-order valence-electron chi connectivity index (χ2n) is 5.51. The zero-order valence-electron chi connectivity index (χ0n) is 13.3. The Kier molecular flexibility index (Phi) is 10.1. The normalized spacial score (nSPS) is 10.9. The molecule has 1 aromatic rings. The summed E-state index contributed by atoms with van der Waals surface area (Å²) < 4.78 is 0. The van der Waals surface area contributed by atoms with Crippen LogP contribution in [0.2, 0.25) is 0 Å². The molecule has 0 fully saturated rings. The topological polar surface area (TPSA) is 29.1 Å². The molecule has 1 aromatic carbocycles. The minimum Gasteiger partial charge on any atom is -0.353 e. The molecule has 0 saturated heterocycles. The van der Waals surface area contributed by atoms with E-state index in [0.717, 1.165) is 18.5 Å². The summed E-state index contributed by atoms with van der Waals surface area (Å²) >= 11 is 0. The number of unbranched alkanes of at least 4 members (excludes halogenated alkanes) is 7. The van der Waals surface area contributed by atoms with Gasteiger partial charge in [0.15, 0.2) is 0 Å². The Bertz CT molecular complexity index is 397. The number of benzene rings is 1. The van der Waals surface area contributed by atoms with Crippen molar-refractivity contribution in [3.8, 4) is 0 Å². The minimum atomic E-state index is 0.00167. The fourth-order valence-corrected chi connectivity index (χ4v) is 2.27. The Hall–Kier alpha value is -1.57. The molecule has 1 amide bonds. The average Bonchev–Trinajstić information content (AvgIpc) is 2.52. The van der Waals surface area contributed by atoms with Gasteiger partial charge < -0.3 is 5.32 Å². The second kappa shape index (κ2) is 12.2. The van der Waals surface area contributed by atoms with E-state index in [1.807, 2.05) is 36.4 Å². The summed E-state index contributed by atoms with van der Waals surface area (Å²) in [5.41, 5.74) is 1.06. The van der Waals surface area contributed by atoms with Crippen LogP contribution >= 0.6 is 0 Å². The van der Waals surface area contributed by atoms with Gasteiger partial charge in [0.2, 0.25) is 5.91 Å². The van der Waals surface area contributed by atoms with Crippen molar-refractivity contribution >= 4 is 12.0 Å². The molecule has 0 saturated carbocycles. The van der Waals surface area contributed by atoms with Gasteiger partial charge in [-0.2, -0.15) is 0 Å². The molecular weight excluding hydrogens is 258 g/mol.